The lowest BCUT2D eigenvalue weighted by atomic mass is 9.48. The van der Waals surface area contributed by atoms with Gasteiger partial charge in [0.25, 0.3) is 0 Å². The summed E-state index contributed by atoms with van der Waals surface area (Å²) in [6.45, 7) is 7.32. The van der Waals surface area contributed by atoms with Crippen LogP contribution >= 0.6 is 0 Å². The Morgan fingerprint density at radius 1 is 1.29 bits per heavy atom. The van der Waals surface area contributed by atoms with Gasteiger partial charge in [0, 0.05) is 18.4 Å². The van der Waals surface area contributed by atoms with E-state index in [1.165, 1.54) is 11.1 Å². The lowest BCUT2D eigenvalue weighted by Crippen LogP contribution is -2.52. The van der Waals surface area contributed by atoms with Gasteiger partial charge in [0.15, 0.2) is 5.78 Å². The van der Waals surface area contributed by atoms with Crippen molar-refractivity contribution in [3.05, 3.63) is 23.3 Å². The van der Waals surface area contributed by atoms with E-state index in [1.807, 2.05) is 6.08 Å². The van der Waals surface area contributed by atoms with Gasteiger partial charge in [-0.1, -0.05) is 31.1 Å². The molecule has 0 aromatic heterocycles. The number of rotatable bonds is 2. The molecule has 6 atom stereocenters. The van der Waals surface area contributed by atoms with E-state index in [4.69, 9.17) is 4.74 Å². The number of ketones is 1. The van der Waals surface area contributed by atoms with Crippen molar-refractivity contribution in [3.63, 3.8) is 0 Å². The number of carbonyl (C=O) groups is 1. The van der Waals surface area contributed by atoms with E-state index in [9.17, 15) is 9.90 Å². The van der Waals surface area contributed by atoms with Crippen LogP contribution in [0.15, 0.2) is 23.3 Å². The third kappa shape index (κ3) is 2.20. The highest BCUT2D eigenvalue weighted by Gasteiger charge is 2.57. The second kappa shape index (κ2) is 5.54. The van der Waals surface area contributed by atoms with Crippen LogP contribution in [0.25, 0.3) is 0 Å². The van der Waals surface area contributed by atoms with Crippen molar-refractivity contribution in [2.45, 2.75) is 71.5 Å². The average Bonchev–Trinajstić information content (AvgIpc) is 2.85. The first-order chi connectivity index (χ1) is 11.4. The van der Waals surface area contributed by atoms with Crippen LogP contribution in [0.4, 0.5) is 0 Å². The Morgan fingerprint density at radius 2 is 2.08 bits per heavy atom. The topological polar surface area (TPSA) is 46.5 Å². The highest BCUT2D eigenvalue weighted by Crippen LogP contribution is 2.63. The average molecular weight is 330 g/mol. The number of ether oxygens (including phenoxy) is 1. The monoisotopic (exact) mass is 330 g/mol. The van der Waals surface area contributed by atoms with Gasteiger partial charge in [0.1, 0.15) is 0 Å². The maximum absolute atomic E-state index is 12.1. The zero-order valence-electron chi connectivity index (χ0n) is 15.2. The van der Waals surface area contributed by atoms with Gasteiger partial charge < -0.3 is 9.84 Å². The summed E-state index contributed by atoms with van der Waals surface area (Å²) in [5.74, 6) is 1.13. The molecular formula is C21H30O3. The fraction of sp³-hybridized carbons (Fsp3) is 0.762. The van der Waals surface area contributed by atoms with Crippen LogP contribution in [0.1, 0.15) is 59.3 Å². The van der Waals surface area contributed by atoms with E-state index < -0.39 is 6.10 Å². The molecule has 4 aliphatic rings. The first-order valence-electron chi connectivity index (χ1n) is 9.64. The quantitative estimate of drug-likeness (QED) is 0.783. The molecule has 2 saturated carbocycles. The third-order valence-corrected chi connectivity index (χ3v) is 7.61. The number of fused-ring (bicyclic) bond motifs is 5. The Bertz CT molecular complexity index is 619. The molecule has 4 aliphatic carbocycles. The number of allylic oxidation sites excluding steroid dienone is 2. The minimum Gasteiger partial charge on any atom is -0.392 e. The van der Waals surface area contributed by atoms with Gasteiger partial charge >= 0.3 is 0 Å². The van der Waals surface area contributed by atoms with Crippen molar-refractivity contribution < 1.29 is 14.6 Å². The first-order valence-corrected chi connectivity index (χ1v) is 9.64. The maximum Gasteiger partial charge on any atom is 0.156 e. The van der Waals surface area contributed by atoms with Crippen LogP contribution in [0.2, 0.25) is 0 Å². The van der Waals surface area contributed by atoms with Crippen LogP contribution in [-0.4, -0.2) is 29.7 Å². The SMILES string of the molecule is CCO[C@@H]1C=C2CC[C@H]3C4=CC(=O)C[C@@]4(C)[C@H](O)C[C@@H]3[C@@]2(C)CC1. The summed E-state index contributed by atoms with van der Waals surface area (Å²) in [5.41, 5.74) is 2.64. The van der Waals surface area contributed by atoms with E-state index >= 15 is 0 Å². The van der Waals surface area contributed by atoms with Gasteiger partial charge in [-0.2, -0.15) is 0 Å². The van der Waals surface area contributed by atoms with Gasteiger partial charge in [-0.3, -0.25) is 4.79 Å². The molecule has 0 aliphatic heterocycles. The molecule has 1 N–H and O–H groups in total. The van der Waals surface area contributed by atoms with Crippen molar-refractivity contribution in [1.29, 1.82) is 0 Å². The van der Waals surface area contributed by atoms with Crippen molar-refractivity contribution in [1.82, 2.24) is 0 Å². The summed E-state index contributed by atoms with van der Waals surface area (Å²) in [6.07, 6.45) is 9.89. The van der Waals surface area contributed by atoms with E-state index in [0.717, 1.165) is 38.7 Å². The molecule has 2 fully saturated rings. The number of carbonyl (C=O) groups excluding carboxylic acids is 1. The molecule has 0 amide bonds. The Morgan fingerprint density at radius 3 is 2.83 bits per heavy atom. The Labute approximate surface area is 145 Å². The zero-order chi connectivity index (χ0) is 17.1. The minimum absolute atomic E-state index is 0.158. The molecule has 3 nitrogen and oxygen atoms in total. The smallest absolute Gasteiger partial charge is 0.156 e. The molecule has 0 aromatic rings. The molecule has 0 saturated heterocycles. The summed E-state index contributed by atoms with van der Waals surface area (Å²) >= 11 is 0. The Kier molecular flexibility index (Phi) is 3.81. The molecule has 0 spiro atoms. The first kappa shape index (κ1) is 16.5. The van der Waals surface area contributed by atoms with Crippen molar-refractivity contribution in [2.75, 3.05) is 6.61 Å². The lowest BCUT2D eigenvalue weighted by Gasteiger charge is -2.57. The van der Waals surface area contributed by atoms with Gasteiger partial charge in [-0.05, 0) is 62.4 Å². The van der Waals surface area contributed by atoms with Crippen molar-refractivity contribution in [2.24, 2.45) is 22.7 Å². The highest BCUT2D eigenvalue weighted by atomic mass is 16.5. The molecule has 4 rings (SSSR count). The van der Waals surface area contributed by atoms with E-state index in [-0.39, 0.29) is 22.7 Å². The molecule has 0 radical (unpaired) electrons. The molecule has 0 bridgehead atoms. The normalized spacial score (nSPS) is 47.4. The molecular weight excluding hydrogens is 300 g/mol. The van der Waals surface area contributed by atoms with Crippen LogP contribution in [0.5, 0.6) is 0 Å². The van der Waals surface area contributed by atoms with Gasteiger partial charge in [0.05, 0.1) is 12.2 Å². The fourth-order valence-corrected chi connectivity index (χ4v) is 6.19. The lowest BCUT2D eigenvalue weighted by molar-refractivity contribution is -0.117. The van der Waals surface area contributed by atoms with Crippen molar-refractivity contribution >= 4 is 5.78 Å². The van der Waals surface area contributed by atoms with Crippen LogP contribution in [0.3, 0.4) is 0 Å². The molecule has 132 valence electrons. The Hall–Kier alpha value is -0.930. The molecule has 24 heavy (non-hydrogen) atoms. The molecule has 0 aromatic carbocycles. The van der Waals surface area contributed by atoms with E-state index in [2.05, 4.69) is 26.8 Å². The minimum atomic E-state index is -0.391. The van der Waals surface area contributed by atoms with Gasteiger partial charge in [-0.15, -0.1) is 0 Å². The maximum atomic E-state index is 12.1. The zero-order valence-corrected chi connectivity index (χ0v) is 15.2. The number of aliphatic hydroxyl groups excluding tert-OH is 1. The predicted octanol–water partition coefficient (Wildman–Crippen LogP) is 3.81. The summed E-state index contributed by atoms with van der Waals surface area (Å²) in [6, 6.07) is 0. The predicted molar refractivity (Wildman–Crippen MR) is 93.5 cm³/mol. The standard InChI is InChI=1S/C21H30O3/c1-4-24-15-7-8-20(2)13(9-15)5-6-16-17-10-14(22)12-21(17,3)19(23)11-18(16)20/h9-10,15-16,18-19,23H,4-8,11-12H2,1-3H3/t15-,16-,18-,19+,20-,21+/m0/s1. The summed E-state index contributed by atoms with van der Waals surface area (Å²) in [4.78, 5) is 12.1. The van der Waals surface area contributed by atoms with Crippen LogP contribution in [-0.2, 0) is 9.53 Å². The number of hydrogen-bond acceptors (Lipinski definition) is 3. The number of hydrogen-bond donors (Lipinski definition) is 1. The highest BCUT2D eigenvalue weighted by molar-refractivity contribution is 5.94. The fourth-order valence-electron chi connectivity index (χ4n) is 6.19. The second-order valence-corrected chi connectivity index (χ2v) is 8.81. The summed E-state index contributed by atoms with van der Waals surface area (Å²) in [5, 5.41) is 10.9. The molecule has 3 heteroatoms. The van der Waals surface area contributed by atoms with E-state index in [1.54, 1.807) is 0 Å². The van der Waals surface area contributed by atoms with Crippen molar-refractivity contribution in [3.8, 4) is 0 Å². The summed E-state index contributed by atoms with van der Waals surface area (Å²) < 4.78 is 5.85. The molecule has 0 unspecified atom stereocenters. The van der Waals surface area contributed by atoms with Crippen LogP contribution in [0, 0.1) is 22.7 Å². The number of aliphatic hydroxyl groups is 1. The van der Waals surface area contributed by atoms with Gasteiger partial charge in [0.2, 0.25) is 0 Å². The molecule has 0 heterocycles. The van der Waals surface area contributed by atoms with Crippen LogP contribution < -0.4 is 0 Å². The summed E-state index contributed by atoms with van der Waals surface area (Å²) in [7, 11) is 0. The third-order valence-electron chi connectivity index (χ3n) is 7.61. The second-order valence-electron chi connectivity index (χ2n) is 8.81. The Balaban J connectivity index is 1.69. The van der Waals surface area contributed by atoms with E-state index in [0.29, 0.717) is 18.3 Å². The largest absolute Gasteiger partial charge is 0.392 e. The van der Waals surface area contributed by atoms with Gasteiger partial charge in [-0.25, -0.2) is 0 Å².